The Kier molecular flexibility index (Phi) is 3.80. The van der Waals surface area contributed by atoms with Crippen LogP contribution in [0.25, 0.3) is 33.1 Å². The summed E-state index contributed by atoms with van der Waals surface area (Å²) < 4.78 is 0. The molecule has 114 valence electrons. The normalized spacial score (nSPS) is 11.0. The lowest BCUT2D eigenvalue weighted by Crippen LogP contribution is -1.87. The van der Waals surface area contributed by atoms with Crippen LogP contribution in [0.4, 0.5) is 0 Å². The van der Waals surface area contributed by atoms with E-state index >= 15 is 0 Å². The molecular formula is C17H13N3S3. The fraction of sp³-hybridized carbons (Fsp3) is 0.118. The summed E-state index contributed by atoms with van der Waals surface area (Å²) >= 11 is 5.05. The van der Waals surface area contributed by atoms with Crippen molar-refractivity contribution in [3.63, 3.8) is 0 Å². The Labute approximate surface area is 146 Å². The van der Waals surface area contributed by atoms with Crippen molar-refractivity contribution in [2.45, 2.75) is 13.8 Å². The smallest absolute Gasteiger partial charge is 0.0914 e. The zero-order chi connectivity index (χ0) is 15.8. The van der Waals surface area contributed by atoms with E-state index in [0.29, 0.717) is 0 Å². The number of aromatic nitrogens is 3. The summed E-state index contributed by atoms with van der Waals surface area (Å²) in [5.41, 5.74) is 5.22. The lowest BCUT2D eigenvalue weighted by Gasteiger charge is -2.04. The molecule has 0 spiro atoms. The monoisotopic (exact) mass is 355 g/mol. The number of hydrogen-bond acceptors (Lipinski definition) is 6. The van der Waals surface area contributed by atoms with E-state index in [1.54, 1.807) is 34.0 Å². The van der Waals surface area contributed by atoms with Crippen molar-refractivity contribution in [3.8, 4) is 33.1 Å². The fourth-order valence-corrected chi connectivity index (χ4v) is 4.55. The molecule has 0 aromatic carbocycles. The molecule has 23 heavy (non-hydrogen) atoms. The van der Waals surface area contributed by atoms with Crippen molar-refractivity contribution in [3.05, 3.63) is 50.6 Å². The highest BCUT2D eigenvalue weighted by atomic mass is 32.1. The maximum absolute atomic E-state index is 4.61. The molecule has 0 unspecified atom stereocenters. The molecule has 6 heteroatoms. The van der Waals surface area contributed by atoms with E-state index in [4.69, 9.17) is 0 Å². The molecule has 0 amide bonds. The van der Waals surface area contributed by atoms with Crippen LogP contribution in [0.15, 0.2) is 40.5 Å². The first-order chi connectivity index (χ1) is 11.2. The van der Waals surface area contributed by atoms with Crippen molar-refractivity contribution in [1.82, 2.24) is 15.0 Å². The third-order valence-corrected chi connectivity index (χ3v) is 5.95. The number of rotatable bonds is 3. The van der Waals surface area contributed by atoms with Gasteiger partial charge in [0.25, 0.3) is 0 Å². The summed E-state index contributed by atoms with van der Waals surface area (Å²) in [4.78, 5) is 15.0. The fourth-order valence-electron chi connectivity index (χ4n) is 2.40. The number of nitrogens with zero attached hydrogens (tertiary/aromatic N) is 3. The van der Waals surface area contributed by atoms with Crippen LogP contribution in [0.2, 0.25) is 0 Å². The number of hydrogen-bond donors (Lipinski definition) is 0. The van der Waals surface area contributed by atoms with E-state index in [2.05, 4.69) is 43.2 Å². The van der Waals surface area contributed by atoms with Crippen LogP contribution in [-0.4, -0.2) is 15.0 Å². The van der Waals surface area contributed by atoms with Gasteiger partial charge in [0.15, 0.2) is 0 Å². The highest BCUT2D eigenvalue weighted by Gasteiger charge is 2.14. The zero-order valence-corrected chi connectivity index (χ0v) is 15.1. The van der Waals surface area contributed by atoms with Crippen LogP contribution in [0.3, 0.4) is 0 Å². The maximum Gasteiger partial charge on any atom is 0.0914 e. The minimum absolute atomic E-state index is 0.979. The Morgan fingerprint density at radius 1 is 0.870 bits per heavy atom. The average molecular weight is 356 g/mol. The summed E-state index contributed by atoms with van der Waals surface area (Å²) in [6.45, 7) is 4.06. The van der Waals surface area contributed by atoms with E-state index in [-0.39, 0.29) is 0 Å². The van der Waals surface area contributed by atoms with Crippen molar-refractivity contribution < 1.29 is 0 Å². The molecule has 0 aliphatic rings. The van der Waals surface area contributed by atoms with Gasteiger partial charge in [-0.05, 0) is 32.0 Å². The average Bonchev–Trinajstić information content (AvgIpc) is 3.27. The highest BCUT2D eigenvalue weighted by molar-refractivity contribution is 7.14. The van der Waals surface area contributed by atoms with Gasteiger partial charge >= 0.3 is 0 Å². The predicted molar refractivity (Wildman–Crippen MR) is 99.2 cm³/mol. The highest BCUT2D eigenvalue weighted by Crippen LogP contribution is 2.36. The van der Waals surface area contributed by atoms with Gasteiger partial charge in [-0.1, -0.05) is 0 Å². The summed E-state index contributed by atoms with van der Waals surface area (Å²) in [6.07, 6.45) is 1.84. The van der Waals surface area contributed by atoms with E-state index in [0.717, 1.165) is 38.2 Å². The lowest BCUT2D eigenvalue weighted by molar-refractivity contribution is 1.27. The van der Waals surface area contributed by atoms with Gasteiger partial charge in [-0.2, -0.15) is 0 Å². The molecule has 4 aromatic heterocycles. The van der Waals surface area contributed by atoms with E-state index < -0.39 is 0 Å². The van der Waals surface area contributed by atoms with Crippen LogP contribution < -0.4 is 0 Å². The second kappa shape index (κ2) is 5.96. The predicted octanol–water partition coefficient (Wildman–Crippen LogP) is 5.67. The van der Waals surface area contributed by atoms with E-state index in [1.807, 2.05) is 26.1 Å². The number of thiophene rings is 1. The molecule has 0 radical (unpaired) electrons. The van der Waals surface area contributed by atoms with Gasteiger partial charge in [0, 0.05) is 33.5 Å². The molecule has 4 aromatic rings. The molecule has 0 atom stereocenters. The third-order valence-electron chi connectivity index (χ3n) is 3.45. The molecule has 0 fully saturated rings. The zero-order valence-electron chi connectivity index (χ0n) is 12.6. The molecule has 0 aliphatic carbocycles. The molecule has 0 saturated carbocycles. The Bertz CT molecular complexity index is 965. The summed E-state index contributed by atoms with van der Waals surface area (Å²) in [6, 6.07) is 6.22. The quantitative estimate of drug-likeness (QED) is 0.475. The summed E-state index contributed by atoms with van der Waals surface area (Å²) in [5, 5.41) is 8.50. The summed E-state index contributed by atoms with van der Waals surface area (Å²) in [5.74, 6) is 0. The number of aryl methyl sites for hydroxylation is 2. The summed E-state index contributed by atoms with van der Waals surface area (Å²) in [7, 11) is 0. The van der Waals surface area contributed by atoms with Crippen molar-refractivity contribution in [1.29, 1.82) is 0 Å². The first kappa shape index (κ1) is 14.7. The Balaban J connectivity index is 1.78. The van der Waals surface area contributed by atoms with Gasteiger partial charge < -0.3 is 0 Å². The van der Waals surface area contributed by atoms with Crippen LogP contribution in [0, 0.1) is 13.8 Å². The second-order valence-corrected chi connectivity index (χ2v) is 8.14. The van der Waals surface area contributed by atoms with Gasteiger partial charge in [-0.3, -0.25) is 4.98 Å². The molecule has 4 heterocycles. The number of thiazole rings is 2. The van der Waals surface area contributed by atoms with Gasteiger partial charge in [0.1, 0.15) is 0 Å². The topological polar surface area (TPSA) is 38.7 Å². The van der Waals surface area contributed by atoms with Gasteiger partial charge in [0.2, 0.25) is 0 Å². The van der Waals surface area contributed by atoms with Crippen molar-refractivity contribution in [2.75, 3.05) is 0 Å². The van der Waals surface area contributed by atoms with Crippen LogP contribution >= 0.6 is 34.0 Å². The van der Waals surface area contributed by atoms with Crippen molar-refractivity contribution in [2.24, 2.45) is 0 Å². The van der Waals surface area contributed by atoms with Gasteiger partial charge in [0.05, 0.1) is 32.0 Å². The standard InChI is InChI=1S/C17H13N3S3/c1-10-19-14(8-21-10)13-4-3-5-18-17(13)12-6-16(23-7-12)15-9-22-11(2)20-15/h3-9H,1-2H3. The van der Waals surface area contributed by atoms with Crippen LogP contribution in [0.5, 0.6) is 0 Å². The minimum atomic E-state index is 0.979. The maximum atomic E-state index is 4.61. The SMILES string of the molecule is Cc1nc(-c2cc(-c3ncccc3-c3csc(C)n3)cs2)cs1. The number of pyridine rings is 1. The van der Waals surface area contributed by atoms with Crippen LogP contribution in [0.1, 0.15) is 10.0 Å². The van der Waals surface area contributed by atoms with Crippen LogP contribution in [-0.2, 0) is 0 Å². The molecule has 3 nitrogen and oxygen atoms in total. The Morgan fingerprint density at radius 2 is 1.61 bits per heavy atom. The molecule has 0 saturated heterocycles. The second-order valence-electron chi connectivity index (χ2n) is 5.10. The lowest BCUT2D eigenvalue weighted by atomic mass is 10.1. The Morgan fingerprint density at radius 3 is 2.30 bits per heavy atom. The first-order valence-corrected chi connectivity index (χ1v) is 9.73. The molecule has 4 rings (SSSR count). The molecule has 0 N–H and O–H groups in total. The first-order valence-electron chi connectivity index (χ1n) is 7.09. The van der Waals surface area contributed by atoms with Gasteiger partial charge in [-0.15, -0.1) is 34.0 Å². The third kappa shape index (κ3) is 2.85. The largest absolute Gasteiger partial charge is 0.256 e. The minimum Gasteiger partial charge on any atom is -0.256 e. The van der Waals surface area contributed by atoms with Gasteiger partial charge in [-0.25, -0.2) is 9.97 Å². The van der Waals surface area contributed by atoms with E-state index in [9.17, 15) is 0 Å². The Hall–Kier alpha value is -1.89. The molecule has 0 bridgehead atoms. The molecule has 0 aliphatic heterocycles. The van der Waals surface area contributed by atoms with Crippen molar-refractivity contribution >= 4 is 34.0 Å². The van der Waals surface area contributed by atoms with E-state index in [1.165, 1.54) is 4.88 Å². The molecular weight excluding hydrogens is 342 g/mol.